The number of nitrogens with zero attached hydrogens (tertiary/aromatic N) is 1. The van der Waals surface area contributed by atoms with Crippen molar-refractivity contribution in [2.75, 3.05) is 10.6 Å². The van der Waals surface area contributed by atoms with Crippen molar-refractivity contribution < 1.29 is 13.2 Å². The number of para-hydroxylation sites is 1. The summed E-state index contributed by atoms with van der Waals surface area (Å²) in [5.41, 5.74) is -1.87. The van der Waals surface area contributed by atoms with E-state index >= 15 is 0 Å². The van der Waals surface area contributed by atoms with Gasteiger partial charge in [-0.1, -0.05) is 41.6 Å². The highest BCUT2D eigenvalue weighted by Gasteiger charge is 2.58. The summed E-state index contributed by atoms with van der Waals surface area (Å²) in [4.78, 5) is 4.00. The van der Waals surface area contributed by atoms with Crippen molar-refractivity contribution in [3.05, 3.63) is 59.1 Å². The number of fused-ring (bicyclic) bond motifs is 1. The third-order valence-electron chi connectivity index (χ3n) is 4.39. The maximum atomic E-state index is 14.3. The minimum Gasteiger partial charge on any atom is -0.326 e. The van der Waals surface area contributed by atoms with E-state index in [9.17, 15) is 13.2 Å². The molecule has 2 aliphatic rings. The van der Waals surface area contributed by atoms with Gasteiger partial charge in [-0.15, -0.1) is 0 Å². The van der Waals surface area contributed by atoms with Gasteiger partial charge in [0.15, 0.2) is 0 Å². The first-order valence-electron chi connectivity index (χ1n) is 8.46. The zero-order valence-corrected chi connectivity index (χ0v) is 14.8. The highest BCUT2D eigenvalue weighted by molar-refractivity contribution is 6.30. The molecule has 1 saturated carbocycles. The molecule has 0 saturated heterocycles. The van der Waals surface area contributed by atoms with Crippen LogP contribution in [0.1, 0.15) is 18.4 Å². The van der Waals surface area contributed by atoms with E-state index in [0.29, 0.717) is 5.69 Å². The van der Waals surface area contributed by atoms with Crippen LogP contribution in [0.2, 0.25) is 5.02 Å². The number of benzene rings is 2. The third-order valence-corrected chi connectivity index (χ3v) is 4.62. The SMILES string of the molecule is FC(F)(F)C1(C#CC2CC2)N=C(Nc2ccccc2)Nc2ccc(Cl)cc21. The molecule has 0 spiro atoms. The Kier molecular flexibility index (Phi) is 4.27. The number of hydrogen-bond acceptors (Lipinski definition) is 3. The first-order valence-corrected chi connectivity index (χ1v) is 8.83. The van der Waals surface area contributed by atoms with E-state index in [2.05, 4.69) is 27.5 Å². The van der Waals surface area contributed by atoms with Crippen molar-refractivity contribution in [3.8, 4) is 11.8 Å². The van der Waals surface area contributed by atoms with Crippen LogP contribution in [-0.2, 0) is 5.54 Å². The Bertz CT molecular complexity index is 956. The second kappa shape index (κ2) is 6.50. The molecule has 0 amide bonds. The van der Waals surface area contributed by atoms with Gasteiger partial charge >= 0.3 is 6.18 Å². The Balaban J connectivity index is 1.86. The van der Waals surface area contributed by atoms with Gasteiger partial charge < -0.3 is 10.6 Å². The second-order valence-corrected chi connectivity index (χ2v) is 6.95. The summed E-state index contributed by atoms with van der Waals surface area (Å²) in [5, 5.41) is 6.02. The summed E-state index contributed by atoms with van der Waals surface area (Å²) in [5.74, 6) is 5.16. The number of aliphatic imine (C=N–C) groups is 1. The number of halogens is 4. The summed E-state index contributed by atoms with van der Waals surface area (Å²) in [7, 11) is 0. The minimum atomic E-state index is -4.71. The number of anilines is 2. The number of rotatable bonds is 1. The molecule has 2 N–H and O–H groups in total. The topological polar surface area (TPSA) is 36.4 Å². The Labute approximate surface area is 159 Å². The van der Waals surface area contributed by atoms with Gasteiger partial charge in [0, 0.05) is 27.9 Å². The largest absolute Gasteiger partial charge is 0.429 e. The lowest BCUT2D eigenvalue weighted by atomic mass is 9.87. The normalized spacial score (nSPS) is 21.3. The van der Waals surface area contributed by atoms with Gasteiger partial charge in [-0.3, -0.25) is 0 Å². The Morgan fingerprint density at radius 2 is 1.89 bits per heavy atom. The van der Waals surface area contributed by atoms with E-state index in [1.165, 1.54) is 18.2 Å². The molecule has 0 aromatic heterocycles. The maximum Gasteiger partial charge on any atom is 0.429 e. The number of alkyl halides is 3. The highest BCUT2D eigenvalue weighted by atomic mass is 35.5. The molecule has 3 nitrogen and oxygen atoms in total. The van der Waals surface area contributed by atoms with Crippen LogP contribution in [0.3, 0.4) is 0 Å². The lowest BCUT2D eigenvalue weighted by Gasteiger charge is -2.34. The second-order valence-electron chi connectivity index (χ2n) is 6.52. The molecule has 1 heterocycles. The lowest BCUT2D eigenvalue weighted by molar-refractivity contribution is -0.170. The molecule has 2 aromatic carbocycles. The standard InChI is InChI=1S/C20H15ClF3N3/c21-14-8-9-17-16(12-14)19(20(22,23)24,11-10-13-6-7-13)27-18(26-17)25-15-4-2-1-3-5-15/h1-5,8-9,12-13H,6-7H2,(H2,25,26,27). The summed E-state index contributed by atoms with van der Waals surface area (Å²) in [6, 6.07) is 13.2. The van der Waals surface area contributed by atoms with Gasteiger partial charge in [-0.05, 0) is 43.2 Å². The van der Waals surface area contributed by atoms with E-state index in [1.807, 2.05) is 6.07 Å². The van der Waals surface area contributed by atoms with Crippen LogP contribution in [0.5, 0.6) is 0 Å². The molecule has 1 unspecified atom stereocenters. The Morgan fingerprint density at radius 3 is 2.56 bits per heavy atom. The van der Waals surface area contributed by atoms with Gasteiger partial charge in [-0.2, -0.15) is 13.2 Å². The quantitative estimate of drug-likeness (QED) is 0.640. The molecule has 4 rings (SSSR count). The third kappa shape index (κ3) is 3.47. The lowest BCUT2D eigenvalue weighted by Crippen LogP contribution is -2.45. The van der Waals surface area contributed by atoms with Crippen molar-refractivity contribution in [2.24, 2.45) is 10.9 Å². The van der Waals surface area contributed by atoms with E-state index in [4.69, 9.17) is 11.6 Å². The summed E-state index contributed by atoms with van der Waals surface area (Å²) in [6.07, 6.45) is -3.07. The molecule has 1 fully saturated rings. The highest BCUT2D eigenvalue weighted by Crippen LogP contribution is 2.48. The van der Waals surface area contributed by atoms with Crippen LogP contribution in [0, 0.1) is 17.8 Å². The van der Waals surface area contributed by atoms with E-state index < -0.39 is 11.7 Å². The molecule has 1 aliphatic carbocycles. The van der Waals surface area contributed by atoms with Crippen LogP contribution in [0.25, 0.3) is 0 Å². The predicted molar refractivity (Wildman–Crippen MR) is 101 cm³/mol. The molecule has 0 radical (unpaired) electrons. The summed E-state index contributed by atoms with van der Waals surface area (Å²) < 4.78 is 42.8. The van der Waals surface area contributed by atoms with Gasteiger partial charge in [-0.25, -0.2) is 4.99 Å². The average molecular weight is 390 g/mol. The van der Waals surface area contributed by atoms with Crippen LogP contribution in [-0.4, -0.2) is 12.1 Å². The summed E-state index contributed by atoms with van der Waals surface area (Å²) in [6.45, 7) is 0. The van der Waals surface area contributed by atoms with E-state index in [0.717, 1.165) is 12.8 Å². The smallest absolute Gasteiger partial charge is 0.326 e. The molecule has 1 atom stereocenters. The van der Waals surface area contributed by atoms with Crippen molar-refractivity contribution in [1.82, 2.24) is 0 Å². The van der Waals surface area contributed by atoms with E-state index in [1.54, 1.807) is 24.3 Å². The number of nitrogens with one attached hydrogen (secondary N) is 2. The van der Waals surface area contributed by atoms with Gasteiger partial charge in [0.25, 0.3) is 0 Å². The predicted octanol–water partition coefficient (Wildman–Crippen LogP) is 5.40. The molecule has 27 heavy (non-hydrogen) atoms. The minimum absolute atomic E-state index is 0.00229. The fraction of sp³-hybridized carbons (Fsp3) is 0.250. The molecule has 7 heteroatoms. The van der Waals surface area contributed by atoms with Crippen molar-refractivity contribution >= 4 is 28.9 Å². The molecule has 1 aliphatic heterocycles. The molecule has 0 bridgehead atoms. The summed E-state index contributed by atoms with van der Waals surface area (Å²) >= 11 is 5.99. The van der Waals surface area contributed by atoms with Crippen molar-refractivity contribution in [1.29, 1.82) is 0 Å². The van der Waals surface area contributed by atoms with Gasteiger partial charge in [0.2, 0.25) is 11.5 Å². The van der Waals surface area contributed by atoms with Crippen LogP contribution in [0.4, 0.5) is 24.5 Å². The molecule has 2 aromatic rings. The van der Waals surface area contributed by atoms with Crippen LogP contribution in [0.15, 0.2) is 53.5 Å². The van der Waals surface area contributed by atoms with Gasteiger partial charge in [0.05, 0.1) is 0 Å². The van der Waals surface area contributed by atoms with Gasteiger partial charge in [0.1, 0.15) is 0 Å². The maximum absolute atomic E-state index is 14.3. The van der Waals surface area contributed by atoms with Crippen LogP contribution >= 0.6 is 11.6 Å². The van der Waals surface area contributed by atoms with Crippen molar-refractivity contribution in [3.63, 3.8) is 0 Å². The fourth-order valence-corrected chi connectivity index (χ4v) is 3.01. The first kappa shape index (κ1) is 17.7. The number of hydrogen-bond donors (Lipinski definition) is 2. The van der Waals surface area contributed by atoms with E-state index in [-0.39, 0.29) is 28.2 Å². The average Bonchev–Trinajstić information content (AvgIpc) is 3.44. The van der Waals surface area contributed by atoms with Crippen LogP contribution < -0.4 is 10.6 Å². The monoisotopic (exact) mass is 389 g/mol. The zero-order chi connectivity index (χ0) is 19.1. The molecular formula is C20H15ClF3N3. The zero-order valence-electron chi connectivity index (χ0n) is 14.1. The van der Waals surface area contributed by atoms with Crippen molar-refractivity contribution in [2.45, 2.75) is 24.6 Å². The number of guanidine groups is 1. The Morgan fingerprint density at radius 1 is 1.15 bits per heavy atom. The Hall–Kier alpha value is -2.65. The molecular weight excluding hydrogens is 375 g/mol. The first-order chi connectivity index (χ1) is 12.9. The molecule has 138 valence electrons. The fourth-order valence-electron chi connectivity index (χ4n) is 2.84.